The summed E-state index contributed by atoms with van der Waals surface area (Å²) < 4.78 is 0. The Morgan fingerprint density at radius 2 is 2.16 bits per heavy atom. The van der Waals surface area contributed by atoms with E-state index in [4.69, 9.17) is 5.11 Å². The van der Waals surface area contributed by atoms with Gasteiger partial charge >= 0.3 is 0 Å². The predicted molar refractivity (Wildman–Crippen MR) is 95.6 cm³/mol. The molecular weight excluding hydrogens is 318 g/mol. The molecule has 136 valence electrons. The number of nitrogens with zero attached hydrogens (tertiary/aromatic N) is 3. The number of carbonyl (C=O) groups is 2. The molecule has 0 aromatic carbocycles. The van der Waals surface area contributed by atoms with Crippen LogP contribution in [0.3, 0.4) is 0 Å². The number of likely N-dealkylation sites (tertiary alicyclic amines) is 1. The van der Waals surface area contributed by atoms with Gasteiger partial charge in [0.2, 0.25) is 5.91 Å². The molecule has 3 rings (SSSR count). The molecule has 1 N–H and O–H groups in total. The summed E-state index contributed by atoms with van der Waals surface area (Å²) in [6, 6.07) is 3.76. The SMILES string of the molecule is CC(=O)c1ccc(N2CCC[C@@]3(CCC(=O)N(CCCO)C3)C2)nc1. The normalized spacial score (nSPS) is 24.0. The fourth-order valence-corrected chi connectivity index (χ4v) is 4.09. The second-order valence-electron chi connectivity index (χ2n) is 7.38. The van der Waals surface area contributed by atoms with E-state index in [1.807, 2.05) is 17.0 Å². The topological polar surface area (TPSA) is 73.7 Å². The van der Waals surface area contributed by atoms with E-state index in [0.29, 0.717) is 24.9 Å². The number of amides is 1. The number of Topliss-reactive ketones (excluding diaryl/α,β-unsaturated/α-hetero) is 1. The number of hydrogen-bond donors (Lipinski definition) is 1. The molecule has 1 amide bonds. The second-order valence-corrected chi connectivity index (χ2v) is 7.38. The van der Waals surface area contributed by atoms with Crippen LogP contribution in [-0.4, -0.2) is 59.5 Å². The van der Waals surface area contributed by atoms with E-state index in [1.165, 1.54) is 0 Å². The van der Waals surface area contributed by atoms with Crippen LogP contribution in [0.5, 0.6) is 0 Å². The Morgan fingerprint density at radius 1 is 1.32 bits per heavy atom. The highest BCUT2D eigenvalue weighted by Crippen LogP contribution is 2.39. The zero-order valence-corrected chi connectivity index (χ0v) is 14.9. The quantitative estimate of drug-likeness (QED) is 0.825. The Labute approximate surface area is 148 Å². The second kappa shape index (κ2) is 7.52. The van der Waals surface area contributed by atoms with Crippen molar-refractivity contribution < 1.29 is 14.7 Å². The Bertz CT molecular complexity index is 631. The minimum absolute atomic E-state index is 0.0273. The molecule has 0 bridgehead atoms. The van der Waals surface area contributed by atoms with Crippen molar-refractivity contribution in [3.8, 4) is 0 Å². The molecular formula is C19H27N3O3. The highest BCUT2D eigenvalue weighted by atomic mass is 16.3. The summed E-state index contributed by atoms with van der Waals surface area (Å²) in [4.78, 5) is 32.3. The molecule has 2 fully saturated rings. The van der Waals surface area contributed by atoms with E-state index >= 15 is 0 Å². The first-order valence-corrected chi connectivity index (χ1v) is 9.14. The van der Waals surface area contributed by atoms with Crippen molar-refractivity contribution in [2.45, 2.75) is 39.0 Å². The molecule has 6 nitrogen and oxygen atoms in total. The molecule has 1 aromatic heterocycles. The van der Waals surface area contributed by atoms with Crippen molar-refractivity contribution in [2.24, 2.45) is 5.41 Å². The molecule has 0 unspecified atom stereocenters. The maximum atomic E-state index is 12.2. The molecule has 0 saturated carbocycles. The van der Waals surface area contributed by atoms with Crippen molar-refractivity contribution in [1.29, 1.82) is 0 Å². The van der Waals surface area contributed by atoms with Crippen LogP contribution < -0.4 is 4.90 Å². The van der Waals surface area contributed by atoms with Gasteiger partial charge in [0.05, 0.1) is 0 Å². The molecule has 6 heteroatoms. The molecule has 2 aliphatic rings. The summed E-state index contributed by atoms with van der Waals surface area (Å²) in [7, 11) is 0. The number of aliphatic hydroxyl groups excluding tert-OH is 1. The van der Waals surface area contributed by atoms with Crippen molar-refractivity contribution >= 4 is 17.5 Å². The first-order valence-electron chi connectivity index (χ1n) is 9.14. The van der Waals surface area contributed by atoms with E-state index < -0.39 is 0 Å². The van der Waals surface area contributed by atoms with Crippen LogP contribution in [0.2, 0.25) is 0 Å². The third kappa shape index (κ3) is 4.00. The van der Waals surface area contributed by atoms with Gasteiger partial charge in [-0.25, -0.2) is 4.98 Å². The number of anilines is 1. The average Bonchev–Trinajstić information content (AvgIpc) is 2.63. The summed E-state index contributed by atoms with van der Waals surface area (Å²) in [6.07, 6.45) is 6.01. The number of aliphatic hydroxyl groups is 1. The van der Waals surface area contributed by atoms with E-state index in [0.717, 1.165) is 44.7 Å². The number of pyridine rings is 1. The van der Waals surface area contributed by atoms with Gasteiger partial charge in [-0.2, -0.15) is 0 Å². The number of hydrogen-bond acceptors (Lipinski definition) is 5. The minimum Gasteiger partial charge on any atom is -0.396 e. The standard InChI is InChI=1S/C19H27N3O3/c1-15(24)16-4-5-17(20-12-16)21-9-2-7-19(13-21)8-6-18(25)22(14-19)10-3-11-23/h4-5,12,23H,2-3,6-11,13-14H2,1H3/t19-/m1/s1. The number of rotatable bonds is 5. The van der Waals surface area contributed by atoms with Gasteiger partial charge in [-0.3, -0.25) is 9.59 Å². The number of ketones is 1. The zero-order chi connectivity index (χ0) is 17.9. The lowest BCUT2D eigenvalue weighted by atomic mass is 9.73. The Balaban J connectivity index is 1.71. The molecule has 3 heterocycles. The Morgan fingerprint density at radius 3 is 2.84 bits per heavy atom. The first-order chi connectivity index (χ1) is 12.0. The summed E-state index contributed by atoms with van der Waals surface area (Å²) in [5, 5.41) is 9.06. The van der Waals surface area contributed by atoms with E-state index in [1.54, 1.807) is 13.1 Å². The van der Waals surface area contributed by atoms with E-state index in [-0.39, 0.29) is 23.7 Å². The third-order valence-electron chi connectivity index (χ3n) is 5.47. The Kier molecular flexibility index (Phi) is 5.37. The smallest absolute Gasteiger partial charge is 0.222 e. The van der Waals surface area contributed by atoms with Crippen molar-refractivity contribution in [1.82, 2.24) is 9.88 Å². The van der Waals surface area contributed by atoms with Crippen LogP contribution in [0.4, 0.5) is 5.82 Å². The van der Waals surface area contributed by atoms with Gasteiger partial charge in [-0.05, 0) is 44.7 Å². The molecule has 0 radical (unpaired) electrons. The first kappa shape index (κ1) is 17.9. The molecule has 25 heavy (non-hydrogen) atoms. The highest BCUT2D eigenvalue weighted by Gasteiger charge is 2.41. The van der Waals surface area contributed by atoms with Gasteiger partial charge in [0.25, 0.3) is 0 Å². The lowest BCUT2D eigenvalue weighted by Gasteiger charge is -2.48. The molecule has 1 spiro atoms. The van der Waals surface area contributed by atoms with Crippen molar-refractivity contribution in [2.75, 3.05) is 37.7 Å². The van der Waals surface area contributed by atoms with Gasteiger partial charge in [-0.1, -0.05) is 0 Å². The van der Waals surface area contributed by atoms with Crippen LogP contribution in [0.25, 0.3) is 0 Å². The summed E-state index contributed by atoms with van der Waals surface area (Å²) in [5.41, 5.74) is 0.747. The van der Waals surface area contributed by atoms with Crippen LogP contribution in [0.1, 0.15) is 49.4 Å². The lowest BCUT2D eigenvalue weighted by molar-refractivity contribution is -0.138. The maximum absolute atomic E-state index is 12.2. The van der Waals surface area contributed by atoms with Crippen molar-refractivity contribution in [3.05, 3.63) is 23.9 Å². The molecule has 2 aliphatic heterocycles. The summed E-state index contributed by atoms with van der Waals surface area (Å²) in [6.45, 7) is 4.93. The fourth-order valence-electron chi connectivity index (χ4n) is 4.09. The third-order valence-corrected chi connectivity index (χ3v) is 5.47. The van der Waals surface area contributed by atoms with Gasteiger partial charge in [-0.15, -0.1) is 0 Å². The maximum Gasteiger partial charge on any atom is 0.222 e. The predicted octanol–water partition coefficient (Wildman–Crippen LogP) is 1.88. The Hall–Kier alpha value is -1.95. The lowest BCUT2D eigenvalue weighted by Crippen LogP contribution is -2.54. The van der Waals surface area contributed by atoms with Gasteiger partial charge in [0.15, 0.2) is 5.78 Å². The fraction of sp³-hybridized carbons (Fsp3) is 0.632. The number of aromatic nitrogens is 1. The molecule has 0 aliphatic carbocycles. The largest absolute Gasteiger partial charge is 0.396 e. The number of piperidine rings is 2. The van der Waals surface area contributed by atoms with Crippen molar-refractivity contribution in [3.63, 3.8) is 0 Å². The van der Waals surface area contributed by atoms with E-state index in [9.17, 15) is 9.59 Å². The molecule has 2 saturated heterocycles. The average molecular weight is 345 g/mol. The zero-order valence-electron chi connectivity index (χ0n) is 14.9. The minimum atomic E-state index is 0.0273. The van der Waals surface area contributed by atoms with Gasteiger partial charge < -0.3 is 14.9 Å². The van der Waals surface area contributed by atoms with E-state index in [2.05, 4.69) is 9.88 Å². The summed E-state index contributed by atoms with van der Waals surface area (Å²) >= 11 is 0. The van der Waals surface area contributed by atoms with Crippen LogP contribution in [0.15, 0.2) is 18.3 Å². The number of carbonyl (C=O) groups excluding carboxylic acids is 2. The highest BCUT2D eigenvalue weighted by molar-refractivity contribution is 5.93. The van der Waals surface area contributed by atoms with Gasteiger partial charge in [0, 0.05) is 56.4 Å². The van der Waals surface area contributed by atoms with Crippen LogP contribution >= 0.6 is 0 Å². The monoisotopic (exact) mass is 345 g/mol. The molecule has 1 atom stereocenters. The van der Waals surface area contributed by atoms with Crippen LogP contribution in [-0.2, 0) is 4.79 Å². The van der Waals surface area contributed by atoms with Gasteiger partial charge in [0.1, 0.15) is 5.82 Å². The van der Waals surface area contributed by atoms with Crippen LogP contribution in [0, 0.1) is 5.41 Å². The molecule has 1 aromatic rings. The summed E-state index contributed by atoms with van der Waals surface area (Å²) in [5.74, 6) is 1.14.